The highest BCUT2D eigenvalue weighted by atomic mass is 16.5. The van der Waals surface area contributed by atoms with Gasteiger partial charge in [-0.3, -0.25) is 4.79 Å². The van der Waals surface area contributed by atoms with Crippen LogP contribution in [0.2, 0.25) is 0 Å². The first-order valence-electron chi connectivity index (χ1n) is 10.3. The topological polar surface area (TPSA) is 81.7 Å². The van der Waals surface area contributed by atoms with E-state index < -0.39 is 5.63 Å². The van der Waals surface area contributed by atoms with Gasteiger partial charge < -0.3 is 18.9 Å². The third kappa shape index (κ3) is 4.33. The lowest BCUT2D eigenvalue weighted by molar-refractivity contribution is -0.121. The van der Waals surface area contributed by atoms with E-state index in [4.69, 9.17) is 13.6 Å². The van der Waals surface area contributed by atoms with Crippen LogP contribution in [0.3, 0.4) is 0 Å². The van der Waals surface area contributed by atoms with Gasteiger partial charge in [-0.15, -0.1) is 0 Å². The van der Waals surface area contributed by atoms with Gasteiger partial charge in [-0.25, -0.2) is 4.79 Å². The maximum atomic E-state index is 12.5. The summed E-state index contributed by atoms with van der Waals surface area (Å²) in [5.74, 6) is 0.717. The van der Waals surface area contributed by atoms with E-state index in [9.17, 15) is 9.59 Å². The van der Waals surface area contributed by atoms with Gasteiger partial charge in [0.2, 0.25) is 5.91 Å². The Morgan fingerprint density at radius 3 is 2.55 bits per heavy atom. The molecule has 0 unspecified atom stereocenters. The Labute approximate surface area is 179 Å². The normalized spacial score (nSPS) is 11.2. The van der Waals surface area contributed by atoms with E-state index in [0.717, 1.165) is 39.6 Å². The number of hydrogen-bond donors (Lipinski definition) is 1. The van der Waals surface area contributed by atoms with Gasteiger partial charge in [0.1, 0.15) is 16.9 Å². The van der Waals surface area contributed by atoms with E-state index in [1.807, 2.05) is 44.2 Å². The van der Waals surface area contributed by atoms with Crippen molar-refractivity contribution in [3.8, 4) is 5.75 Å². The quantitative estimate of drug-likeness (QED) is 0.448. The lowest BCUT2D eigenvalue weighted by Crippen LogP contribution is -2.26. The van der Waals surface area contributed by atoms with Crippen LogP contribution in [0.5, 0.6) is 5.75 Å². The molecule has 160 valence electrons. The number of amides is 1. The van der Waals surface area contributed by atoms with Gasteiger partial charge in [-0.05, 0) is 61.6 Å². The fourth-order valence-electron chi connectivity index (χ4n) is 3.79. The number of furan rings is 1. The smallest absolute Gasteiger partial charge is 0.339 e. The van der Waals surface area contributed by atoms with Crippen LogP contribution in [-0.4, -0.2) is 19.6 Å². The molecule has 0 fully saturated rings. The minimum Gasteiger partial charge on any atom is -0.497 e. The molecule has 0 aliphatic carbocycles. The van der Waals surface area contributed by atoms with Crippen LogP contribution in [-0.2, 0) is 17.6 Å². The van der Waals surface area contributed by atoms with E-state index in [1.165, 1.54) is 0 Å². The summed E-state index contributed by atoms with van der Waals surface area (Å²) in [4.78, 5) is 24.8. The summed E-state index contributed by atoms with van der Waals surface area (Å²) in [5, 5.41) is 4.78. The lowest BCUT2D eigenvalue weighted by Gasteiger charge is -2.09. The molecule has 0 radical (unpaired) electrons. The summed E-state index contributed by atoms with van der Waals surface area (Å²) in [6.07, 6.45) is 2.98. The molecule has 31 heavy (non-hydrogen) atoms. The summed E-state index contributed by atoms with van der Waals surface area (Å²) in [6.45, 7) is 4.41. The number of methoxy groups -OCH3 is 1. The predicted octanol–water partition coefficient (Wildman–Crippen LogP) is 4.46. The van der Waals surface area contributed by atoms with E-state index in [1.54, 1.807) is 19.4 Å². The molecule has 0 atom stereocenters. The second-order valence-corrected chi connectivity index (χ2v) is 7.70. The zero-order chi connectivity index (χ0) is 22.0. The summed E-state index contributed by atoms with van der Waals surface area (Å²) in [7, 11) is 1.63. The van der Waals surface area contributed by atoms with Crippen molar-refractivity contribution in [2.45, 2.75) is 33.1 Å². The van der Waals surface area contributed by atoms with Crippen LogP contribution < -0.4 is 15.7 Å². The van der Waals surface area contributed by atoms with Crippen LogP contribution >= 0.6 is 0 Å². The first-order chi connectivity index (χ1) is 15.0. The number of carbonyl (C=O) groups is 1. The fraction of sp³-hybridized carbons (Fsp3) is 0.280. The van der Waals surface area contributed by atoms with Crippen LogP contribution in [0.1, 0.15) is 28.7 Å². The van der Waals surface area contributed by atoms with Gasteiger partial charge in [-0.2, -0.15) is 0 Å². The summed E-state index contributed by atoms with van der Waals surface area (Å²) >= 11 is 0. The van der Waals surface area contributed by atoms with Gasteiger partial charge in [0.15, 0.2) is 0 Å². The van der Waals surface area contributed by atoms with Crippen LogP contribution in [0.15, 0.2) is 56.3 Å². The molecule has 0 aliphatic heterocycles. The fourth-order valence-corrected chi connectivity index (χ4v) is 3.79. The van der Waals surface area contributed by atoms with Crippen molar-refractivity contribution in [3.63, 3.8) is 0 Å². The van der Waals surface area contributed by atoms with Gasteiger partial charge in [0, 0.05) is 35.4 Å². The standard InChI is InChI=1S/C25H25NO5/c1-15-14-30-22-13-23-21(12-20(15)22)16(2)19(25(28)31-23)8-9-24(27)26-11-10-17-4-6-18(29-3)7-5-17/h4-7,12-14H,8-11H2,1-3H3,(H,26,27). The Morgan fingerprint density at radius 1 is 1.03 bits per heavy atom. The SMILES string of the molecule is COc1ccc(CCNC(=O)CCc2c(C)c3cc4c(C)coc4cc3oc2=O)cc1. The van der Waals surface area contributed by atoms with Crippen LogP contribution in [0.4, 0.5) is 0 Å². The number of benzene rings is 2. The van der Waals surface area contributed by atoms with E-state index in [0.29, 0.717) is 29.7 Å². The Hall–Kier alpha value is -3.54. The number of rotatable bonds is 7. The molecular weight excluding hydrogens is 394 g/mol. The van der Waals surface area contributed by atoms with E-state index in [-0.39, 0.29) is 12.3 Å². The van der Waals surface area contributed by atoms with Crippen molar-refractivity contribution in [1.29, 1.82) is 0 Å². The Bertz CT molecular complexity index is 1300. The highest BCUT2D eigenvalue weighted by molar-refractivity contribution is 5.96. The largest absolute Gasteiger partial charge is 0.497 e. The first kappa shape index (κ1) is 20.7. The van der Waals surface area contributed by atoms with Crippen molar-refractivity contribution in [2.24, 2.45) is 0 Å². The third-order valence-electron chi connectivity index (χ3n) is 5.67. The minimum atomic E-state index is -0.404. The first-order valence-corrected chi connectivity index (χ1v) is 10.3. The molecule has 2 aromatic carbocycles. The maximum absolute atomic E-state index is 12.5. The van der Waals surface area contributed by atoms with Crippen molar-refractivity contribution in [2.75, 3.05) is 13.7 Å². The summed E-state index contributed by atoms with van der Waals surface area (Å²) in [6, 6.07) is 11.5. The highest BCUT2D eigenvalue weighted by Crippen LogP contribution is 2.29. The molecule has 1 amide bonds. The zero-order valence-corrected chi connectivity index (χ0v) is 17.9. The average Bonchev–Trinajstić information content (AvgIpc) is 3.12. The molecule has 0 aliphatic rings. The lowest BCUT2D eigenvalue weighted by atomic mass is 10.0. The van der Waals surface area contributed by atoms with Crippen LogP contribution in [0.25, 0.3) is 21.9 Å². The molecule has 2 heterocycles. The van der Waals surface area contributed by atoms with Crippen molar-refractivity contribution in [1.82, 2.24) is 5.32 Å². The molecular formula is C25H25NO5. The minimum absolute atomic E-state index is 0.0893. The molecule has 6 nitrogen and oxygen atoms in total. The van der Waals surface area contributed by atoms with E-state index in [2.05, 4.69) is 5.32 Å². The number of carbonyl (C=O) groups excluding carboxylic acids is 1. The molecule has 0 bridgehead atoms. The van der Waals surface area contributed by atoms with Crippen molar-refractivity contribution in [3.05, 3.63) is 75.3 Å². The molecule has 0 saturated carbocycles. The van der Waals surface area contributed by atoms with Gasteiger partial charge in [0.25, 0.3) is 0 Å². The van der Waals surface area contributed by atoms with Crippen molar-refractivity contribution < 1.29 is 18.4 Å². The Morgan fingerprint density at radius 2 is 1.81 bits per heavy atom. The second-order valence-electron chi connectivity index (χ2n) is 7.70. The Balaban J connectivity index is 1.41. The number of ether oxygens (including phenoxy) is 1. The average molecular weight is 419 g/mol. The molecule has 6 heteroatoms. The summed E-state index contributed by atoms with van der Waals surface area (Å²) < 4.78 is 16.2. The molecule has 0 spiro atoms. The number of fused-ring (bicyclic) bond motifs is 2. The predicted molar refractivity (Wildman–Crippen MR) is 120 cm³/mol. The van der Waals surface area contributed by atoms with Gasteiger partial charge >= 0.3 is 5.63 Å². The maximum Gasteiger partial charge on any atom is 0.339 e. The summed E-state index contributed by atoms with van der Waals surface area (Å²) in [5.41, 5.74) is 4.32. The third-order valence-corrected chi connectivity index (χ3v) is 5.67. The van der Waals surface area contributed by atoms with Crippen molar-refractivity contribution >= 4 is 27.8 Å². The monoisotopic (exact) mass is 419 g/mol. The number of aryl methyl sites for hydroxylation is 2. The molecule has 4 rings (SSSR count). The van der Waals surface area contributed by atoms with Gasteiger partial charge in [0.05, 0.1) is 13.4 Å². The number of hydrogen-bond acceptors (Lipinski definition) is 5. The molecule has 4 aromatic rings. The second kappa shape index (κ2) is 8.68. The molecule has 1 N–H and O–H groups in total. The number of nitrogens with one attached hydrogen (secondary N) is 1. The zero-order valence-electron chi connectivity index (χ0n) is 17.9. The van der Waals surface area contributed by atoms with Crippen LogP contribution in [0, 0.1) is 13.8 Å². The Kier molecular flexibility index (Phi) is 5.80. The molecule has 2 aromatic heterocycles. The molecule has 0 saturated heterocycles. The van der Waals surface area contributed by atoms with E-state index >= 15 is 0 Å². The highest BCUT2D eigenvalue weighted by Gasteiger charge is 2.15. The van der Waals surface area contributed by atoms with Gasteiger partial charge in [-0.1, -0.05) is 12.1 Å².